The van der Waals surface area contributed by atoms with E-state index in [4.69, 9.17) is 23.2 Å². The number of rotatable bonds is 4. The number of hydrogen-bond donors (Lipinski definition) is 1. The molecule has 0 aliphatic heterocycles. The van der Waals surface area contributed by atoms with E-state index in [9.17, 15) is 9.59 Å². The molecule has 1 N–H and O–H groups in total. The number of nitrogens with zero attached hydrogens (tertiary/aromatic N) is 2. The predicted molar refractivity (Wildman–Crippen MR) is 87.9 cm³/mol. The van der Waals surface area contributed by atoms with Crippen molar-refractivity contribution in [1.29, 1.82) is 0 Å². The van der Waals surface area contributed by atoms with Crippen LogP contribution in [0.25, 0.3) is 0 Å². The normalized spacial score (nSPS) is 10.9. The highest BCUT2D eigenvalue weighted by Gasteiger charge is 2.10. The smallest absolute Gasteiger partial charge is 0.276 e. The molecule has 1 heterocycles. The standard InChI is InChI=1S/C15H13Cl2N3O2/c1-2-20-8-4-6-11(15(20)22)14(21)19-18-9-10-5-3-7-12(16)13(10)17/h3-9H,2H2,1H3,(H,19,21)/b18-9-. The Morgan fingerprint density at radius 1 is 1.32 bits per heavy atom. The van der Waals surface area contributed by atoms with E-state index in [-0.39, 0.29) is 11.1 Å². The number of amides is 1. The first kappa shape index (κ1) is 16.3. The Morgan fingerprint density at radius 2 is 2.09 bits per heavy atom. The highest BCUT2D eigenvalue weighted by molar-refractivity contribution is 6.43. The number of aryl methyl sites for hydroxylation is 1. The summed E-state index contributed by atoms with van der Waals surface area (Å²) in [6.45, 7) is 2.31. The van der Waals surface area contributed by atoms with Crippen LogP contribution < -0.4 is 11.0 Å². The van der Waals surface area contributed by atoms with Gasteiger partial charge in [-0.2, -0.15) is 5.10 Å². The minimum atomic E-state index is -0.581. The van der Waals surface area contributed by atoms with Crippen LogP contribution in [0.15, 0.2) is 46.4 Å². The van der Waals surface area contributed by atoms with Crippen LogP contribution in [0.5, 0.6) is 0 Å². The van der Waals surface area contributed by atoms with E-state index in [1.54, 1.807) is 30.5 Å². The second-order valence-electron chi connectivity index (χ2n) is 4.36. The summed E-state index contributed by atoms with van der Waals surface area (Å²) in [5, 5.41) is 4.54. The van der Waals surface area contributed by atoms with Crippen molar-refractivity contribution in [2.75, 3.05) is 0 Å². The number of hydrogen-bond acceptors (Lipinski definition) is 3. The summed E-state index contributed by atoms with van der Waals surface area (Å²) >= 11 is 11.9. The molecule has 0 bridgehead atoms. The summed E-state index contributed by atoms with van der Waals surface area (Å²) in [7, 11) is 0. The molecule has 0 unspecified atom stereocenters. The summed E-state index contributed by atoms with van der Waals surface area (Å²) in [5.74, 6) is -0.581. The van der Waals surface area contributed by atoms with E-state index in [1.807, 2.05) is 6.92 Å². The molecule has 114 valence electrons. The van der Waals surface area contributed by atoms with E-state index in [2.05, 4.69) is 10.5 Å². The molecule has 5 nitrogen and oxygen atoms in total. The third-order valence-corrected chi connectivity index (χ3v) is 3.79. The Bertz CT molecular complexity index is 785. The molecule has 0 radical (unpaired) electrons. The van der Waals surface area contributed by atoms with Crippen LogP contribution >= 0.6 is 23.2 Å². The average molecular weight is 338 g/mol. The van der Waals surface area contributed by atoms with Crippen molar-refractivity contribution < 1.29 is 4.79 Å². The van der Waals surface area contributed by atoms with Gasteiger partial charge in [-0.05, 0) is 25.1 Å². The molecule has 0 aliphatic carbocycles. The van der Waals surface area contributed by atoms with Crippen LogP contribution in [0.3, 0.4) is 0 Å². The van der Waals surface area contributed by atoms with E-state index < -0.39 is 5.91 Å². The molecule has 0 spiro atoms. The van der Waals surface area contributed by atoms with Gasteiger partial charge in [-0.3, -0.25) is 9.59 Å². The quantitative estimate of drug-likeness (QED) is 0.688. The second-order valence-corrected chi connectivity index (χ2v) is 5.14. The van der Waals surface area contributed by atoms with E-state index in [0.29, 0.717) is 22.2 Å². The lowest BCUT2D eigenvalue weighted by molar-refractivity contribution is 0.0953. The average Bonchev–Trinajstić information content (AvgIpc) is 2.51. The van der Waals surface area contributed by atoms with Gasteiger partial charge in [0.2, 0.25) is 0 Å². The SMILES string of the molecule is CCn1cccc(C(=O)N/N=C\c2cccc(Cl)c2Cl)c1=O. The second kappa shape index (κ2) is 7.24. The molecule has 7 heteroatoms. The third-order valence-electron chi connectivity index (χ3n) is 2.96. The number of carbonyl (C=O) groups excluding carboxylic acids is 1. The molecule has 22 heavy (non-hydrogen) atoms. The van der Waals surface area contributed by atoms with Crippen LogP contribution in [0.1, 0.15) is 22.8 Å². The van der Waals surface area contributed by atoms with Crippen LogP contribution in [-0.4, -0.2) is 16.7 Å². The number of aromatic nitrogens is 1. The lowest BCUT2D eigenvalue weighted by Crippen LogP contribution is -2.30. The molecular weight excluding hydrogens is 325 g/mol. The Hall–Kier alpha value is -2.11. The molecule has 0 saturated heterocycles. The summed E-state index contributed by atoms with van der Waals surface area (Å²) in [6, 6.07) is 8.16. The molecule has 0 saturated carbocycles. The van der Waals surface area contributed by atoms with Gasteiger partial charge in [-0.25, -0.2) is 5.43 Å². The Balaban J connectivity index is 2.15. The van der Waals surface area contributed by atoms with E-state index >= 15 is 0 Å². The van der Waals surface area contributed by atoms with E-state index in [0.717, 1.165) is 0 Å². The Kier molecular flexibility index (Phi) is 5.35. The van der Waals surface area contributed by atoms with E-state index in [1.165, 1.54) is 16.8 Å². The number of nitrogens with one attached hydrogen (secondary N) is 1. The highest BCUT2D eigenvalue weighted by Crippen LogP contribution is 2.23. The number of pyridine rings is 1. The van der Waals surface area contributed by atoms with Crippen molar-refractivity contribution in [3.05, 3.63) is 68.1 Å². The van der Waals surface area contributed by atoms with Gasteiger partial charge in [0.05, 0.1) is 16.3 Å². The zero-order valence-electron chi connectivity index (χ0n) is 11.7. The first-order chi connectivity index (χ1) is 10.5. The molecule has 1 aromatic heterocycles. The van der Waals surface area contributed by atoms with Crippen molar-refractivity contribution in [3.63, 3.8) is 0 Å². The molecule has 0 fully saturated rings. The van der Waals surface area contributed by atoms with Crippen LogP contribution in [-0.2, 0) is 6.54 Å². The van der Waals surface area contributed by atoms with Crippen LogP contribution in [0, 0.1) is 0 Å². The third kappa shape index (κ3) is 3.55. The van der Waals surface area contributed by atoms with Crippen molar-refractivity contribution >= 4 is 35.3 Å². The van der Waals surface area contributed by atoms with Gasteiger partial charge in [0.15, 0.2) is 0 Å². The van der Waals surface area contributed by atoms with Gasteiger partial charge in [0.1, 0.15) is 5.56 Å². The van der Waals surface area contributed by atoms with Gasteiger partial charge in [0, 0.05) is 18.3 Å². The molecule has 1 aromatic carbocycles. The maximum absolute atomic E-state index is 12.0. The molecule has 2 rings (SSSR count). The molecule has 1 amide bonds. The zero-order chi connectivity index (χ0) is 16.1. The fourth-order valence-corrected chi connectivity index (χ4v) is 2.16. The maximum atomic E-state index is 12.0. The number of halogens is 2. The molecule has 0 atom stereocenters. The van der Waals surface area contributed by atoms with Gasteiger partial charge in [-0.1, -0.05) is 35.3 Å². The van der Waals surface area contributed by atoms with Crippen molar-refractivity contribution in [1.82, 2.24) is 9.99 Å². The van der Waals surface area contributed by atoms with Crippen molar-refractivity contribution in [2.24, 2.45) is 5.10 Å². The largest absolute Gasteiger partial charge is 0.315 e. The first-order valence-corrected chi connectivity index (χ1v) is 7.27. The molecular formula is C15H13Cl2N3O2. The minimum Gasteiger partial charge on any atom is -0.315 e. The minimum absolute atomic E-state index is 0.0266. The van der Waals surface area contributed by atoms with Crippen molar-refractivity contribution in [2.45, 2.75) is 13.5 Å². The fraction of sp³-hybridized carbons (Fsp3) is 0.133. The summed E-state index contributed by atoms with van der Waals surface area (Å²) in [6.07, 6.45) is 2.99. The summed E-state index contributed by atoms with van der Waals surface area (Å²) < 4.78 is 1.44. The number of hydrazone groups is 1. The number of carbonyl (C=O) groups is 1. The maximum Gasteiger partial charge on any atom is 0.276 e. The predicted octanol–water partition coefficient (Wildman–Crippen LogP) is 2.94. The summed E-state index contributed by atoms with van der Waals surface area (Å²) in [5.41, 5.74) is 2.53. The molecule has 2 aromatic rings. The zero-order valence-corrected chi connectivity index (χ0v) is 13.2. The lowest BCUT2D eigenvalue weighted by atomic mass is 10.2. The number of benzene rings is 1. The topological polar surface area (TPSA) is 63.5 Å². The van der Waals surface area contributed by atoms with Crippen LogP contribution in [0.4, 0.5) is 0 Å². The van der Waals surface area contributed by atoms with Gasteiger partial charge < -0.3 is 4.57 Å². The highest BCUT2D eigenvalue weighted by atomic mass is 35.5. The van der Waals surface area contributed by atoms with Gasteiger partial charge in [-0.15, -0.1) is 0 Å². The monoisotopic (exact) mass is 337 g/mol. The molecule has 0 aliphatic rings. The van der Waals surface area contributed by atoms with Gasteiger partial charge >= 0.3 is 0 Å². The van der Waals surface area contributed by atoms with Gasteiger partial charge in [0.25, 0.3) is 11.5 Å². The van der Waals surface area contributed by atoms with Crippen molar-refractivity contribution in [3.8, 4) is 0 Å². The summed E-state index contributed by atoms with van der Waals surface area (Å²) in [4.78, 5) is 24.0. The lowest BCUT2D eigenvalue weighted by Gasteiger charge is -2.04. The Morgan fingerprint density at radius 3 is 2.82 bits per heavy atom. The fourth-order valence-electron chi connectivity index (χ4n) is 1.80. The first-order valence-electron chi connectivity index (χ1n) is 6.51. The van der Waals surface area contributed by atoms with Crippen LogP contribution in [0.2, 0.25) is 10.0 Å². The Labute approximate surface area is 137 Å².